The van der Waals surface area contributed by atoms with E-state index in [1.165, 1.54) is 57.6 Å². The molecule has 12 nitrogen and oxygen atoms in total. The van der Waals surface area contributed by atoms with Gasteiger partial charge in [0.1, 0.15) is 64.8 Å². The van der Waals surface area contributed by atoms with E-state index in [4.69, 9.17) is 25.7 Å². The van der Waals surface area contributed by atoms with Crippen LogP contribution in [0.2, 0.25) is 0 Å². The summed E-state index contributed by atoms with van der Waals surface area (Å²) in [7, 11) is -0.276. The minimum absolute atomic E-state index is 0.213. The molecule has 9 atom stereocenters. The van der Waals surface area contributed by atoms with Crippen LogP contribution >= 0.6 is 0 Å². The van der Waals surface area contributed by atoms with Crippen LogP contribution in [0.1, 0.15) is 134 Å². The zero-order valence-electron chi connectivity index (χ0n) is 36.1. The molecule has 0 amide bonds. The van der Waals surface area contributed by atoms with Gasteiger partial charge >= 0.3 is 5.97 Å². The Morgan fingerprint density at radius 2 is 1.63 bits per heavy atom. The van der Waals surface area contributed by atoms with Crippen molar-refractivity contribution in [3.8, 4) is 11.5 Å². The maximum atomic E-state index is 13.4. The van der Waals surface area contributed by atoms with Gasteiger partial charge in [0.25, 0.3) is 0 Å². The van der Waals surface area contributed by atoms with Crippen molar-refractivity contribution < 1.29 is 29.2 Å². The molecule has 5 rings (SSSR count). The number of aliphatic hydroxyl groups is 2. The molecule has 2 aliphatic heterocycles. The van der Waals surface area contributed by atoms with Crippen LogP contribution < -0.4 is 20.9 Å². The largest absolute Gasteiger partial charge is 0.487 e. The van der Waals surface area contributed by atoms with E-state index in [1.54, 1.807) is 4.57 Å². The van der Waals surface area contributed by atoms with Crippen LogP contribution in [-0.4, -0.2) is 83.4 Å². The summed E-state index contributed by atoms with van der Waals surface area (Å²) in [6.45, 7) is 17.8. The van der Waals surface area contributed by atoms with Crippen molar-refractivity contribution >= 4 is 33.8 Å². The third-order valence-electron chi connectivity index (χ3n) is 12.6. The highest BCUT2D eigenvalue weighted by atomic mass is 32.2. The van der Waals surface area contributed by atoms with Gasteiger partial charge in [0.05, 0.1) is 12.6 Å². The number of fused-ring (bicyclic) bond motifs is 2. The number of esters is 1. The predicted octanol–water partition coefficient (Wildman–Crippen LogP) is 7.05. The Morgan fingerprint density at radius 3 is 2.32 bits per heavy atom. The summed E-state index contributed by atoms with van der Waals surface area (Å²) in [5.41, 5.74) is 16.9. The average Bonchev–Trinajstić information content (AvgIpc) is 3.71. The number of aliphatic hydroxyl groups excluding tert-OH is 2. The van der Waals surface area contributed by atoms with Crippen molar-refractivity contribution in [2.24, 2.45) is 23.5 Å². The molecule has 0 saturated carbocycles. The van der Waals surface area contributed by atoms with Gasteiger partial charge in [0.2, 0.25) is 0 Å². The lowest BCUT2D eigenvalue weighted by molar-refractivity contribution is -0.136. The van der Waals surface area contributed by atoms with E-state index >= 15 is 0 Å². The molecular weight excluding hydrogens is 741 g/mol. The number of aromatic nitrogens is 4. The highest BCUT2D eigenvalue weighted by molar-refractivity contribution is 7.96. The Kier molecular flexibility index (Phi) is 15.7. The second-order valence-corrected chi connectivity index (χ2v) is 20.3. The van der Waals surface area contributed by atoms with E-state index in [2.05, 4.69) is 56.5 Å². The molecule has 0 radical (unpaired) electrons. The number of benzene rings is 1. The molecule has 13 heteroatoms. The second-order valence-electron chi connectivity index (χ2n) is 18.0. The van der Waals surface area contributed by atoms with Gasteiger partial charge in [-0.1, -0.05) is 72.6 Å². The predicted molar refractivity (Wildman–Crippen MR) is 230 cm³/mol. The molecule has 318 valence electrons. The van der Waals surface area contributed by atoms with Crippen molar-refractivity contribution in [3.05, 3.63) is 34.9 Å². The fourth-order valence-electron chi connectivity index (χ4n) is 8.55. The van der Waals surface area contributed by atoms with E-state index in [0.717, 1.165) is 71.4 Å². The minimum atomic E-state index is -1.18. The number of nitrogens with two attached hydrogens (primary N) is 2. The molecule has 1 unspecified atom stereocenters. The molecule has 4 heterocycles. The van der Waals surface area contributed by atoms with E-state index in [9.17, 15) is 15.0 Å². The van der Waals surface area contributed by atoms with Gasteiger partial charge in [0, 0.05) is 12.0 Å². The third-order valence-corrected chi connectivity index (χ3v) is 14.4. The maximum absolute atomic E-state index is 13.4. The first-order chi connectivity index (χ1) is 27.0. The summed E-state index contributed by atoms with van der Waals surface area (Å²) in [5.74, 6) is 4.77. The van der Waals surface area contributed by atoms with Crippen molar-refractivity contribution in [1.29, 1.82) is 0 Å². The molecule has 3 aromatic rings. The molecule has 1 fully saturated rings. The molecule has 0 spiro atoms. The zero-order chi connectivity index (χ0) is 41.6. The SMILES string of the molecule is Cc1c(C)c2c(c(C)c1OC(=O)[C@@H](N)CC[S+](C)C[C@H]1O[C@@H](n3cnc4c(N)ncnc43)[C@H](O)[C@@H]1O)CC[C@@](C)(CCC[C@H](C)CCC[C@H](C)CCCC(C)C)O2. The first kappa shape index (κ1) is 45.1. The Labute approximate surface area is 343 Å². The molecule has 2 aromatic heterocycles. The van der Waals surface area contributed by atoms with Crippen LogP contribution in [0.15, 0.2) is 12.7 Å². The molecule has 57 heavy (non-hydrogen) atoms. The lowest BCUT2D eigenvalue weighted by atomic mass is 9.83. The highest BCUT2D eigenvalue weighted by Crippen LogP contribution is 2.45. The second kappa shape index (κ2) is 19.9. The van der Waals surface area contributed by atoms with E-state index in [1.807, 2.05) is 20.1 Å². The van der Waals surface area contributed by atoms with Gasteiger partial charge in [-0.25, -0.2) is 19.7 Å². The lowest BCUT2D eigenvalue weighted by Crippen LogP contribution is -2.39. The van der Waals surface area contributed by atoms with Crippen molar-refractivity contribution in [2.45, 2.75) is 169 Å². The number of rotatable bonds is 20. The van der Waals surface area contributed by atoms with Crippen LogP contribution in [0.3, 0.4) is 0 Å². The van der Waals surface area contributed by atoms with E-state index < -0.39 is 36.6 Å². The quantitative estimate of drug-likeness (QED) is 0.0522. The topological polar surface area (TPSA) is 181 Å². The fourth-order valence-corrected chi connectivity index (χ4v) is 10.2. The molecule has 1 saturated heterocycles. The molecule has 6 N–H and O–H groups in total. The van der Waals surface area contributed by atoms with Crippen LogP contribution in [0.4, 0.5) is 5.82 Å². The molecule has 1 aromatic carbocycles. The summed E-state index contributed by atoms with van der Waals surface area (Å²) >= 11 is 0. The van der Waals surface area contributed by atoms with Crippen LogP contribution in [-0.2, 0) is 26.8 Å². The third kappa shape index (κ3) is 11.2. The summed E-state index contributed by atoms with van der Waals surface area (Å²) in [6.07, 6.45) is 14.7. The number of carbonyl (C=O) groups excluding carboxylic acids is 1. The van der Waals surface area contributed by atoms with Gasteiger partial charge in [-0.3, -0.25) is 4.57 Å². The zero-order valence-corrected chi connectivity index (χ0v) is 36.9. The fraction of sp³-hybridized carbons (Fsp3) is 0.727. The maximum Gasteiger partial charge on any atom is 0.328 e. The number of carbonyl (C=O) groups is 1. The normalized spacial score (nSPS) is 24.3. The van der Waals surface area contributed by atoms with Crippen LogP contribution in [0.25, 0.3) is 11.2 Å². The first-order valence-electron chi connectivity index (χ1n) is 21.3. The molecular formula is C44H71N6O6S+. The Balaban J connectivity index is 1.08. The number of ether oxygens (including phenoxy) is 3. The van der Waals surface area contributed by atoms with Crippen molar-refractivity contribution in [1.82, 2.24) is 19.5 Å². The van der Waals surface area contributed by atoms with Crippen molar-refractivity contribution in [2.75, 3.05) is 23.5 Å². The molecule has 2 aliphatic rings. The number of nitrogens with zero attached hydrogens (tertiary/aromatic N) is 4. The van der Waals surface area contributed by atoms with Crippen LogP contribution in [0.5, 0.6) is 11.5 Å². The molecule has 0 bridgehead atoms. The minimum Gasteiger partial charge on any atom is -0.487 e. The lowest BCUT2D eigenvalue weighted by Gasteiger charge is -2.38. The van der Waals surface area contributed by atoms with E-state index in [-0.39, 0.29) is 22.3 Å². The number of anilines is 1. The van der Waals surface area contributed by atoms with Gasteiger partial charge < -0.3 is 35.9 Å². The summed E-state index contributed by atoms with van der Waals surface area (Å²) < 4.78 is 20.6. The monoisotopic (exact) mass is 812 g/mol. The number of nitrogen functional groups attached to an aromatic ring is 1. The summed E-state index contributed by atoms with van der Waals surface area (Å²) in [5, 5.41) is 21.7. The van der Waals surface area contributed by atoms with Gasteiger partial charge in [-0.05, 0) is 98.7 Å². The Hall–Kier alpha value is -2.97. The smallest absolute Gasteiger partial charge is 0.328 e. The molecule has 0 aliphatic carbocycles. The van der Waals surface area contributed by atoms with Crippen molar-refractivity contribution in [3.63, 3.8) is 0 Å². The number of hydrogen-bond acceptors (Lipinski definition) is 11. The highest BCUT2D eigenvalue weighted by Gasteiger charge is 2.47. The summed E-state index contributed by atoms with van der Waals surface area (Å²) in [4.78, 5) is 25.8. The standard InChI is InChI=1S/C44H71N6O6S/c1-26(2)13-10-14-27(3)15-11-16-28(4)17-12-20-44(8)21-18-32-31(7)38(29(5)30(6)39(32)56-44)55-43(53)33(45)19-22-57(9)23-34-36(51)37(52)42(54-34)50-25-49-35-40(46)47-24-48-41(35)50/h24-28,33-34,36-37,42,51-52H,10-23,45H2,1-9H3,(H2,46,47,48)/q+1/t27-,28-,33+,34-,36-,37-,42-,44-,57?/m1/s1. The van der Waals surface area contributed by atoms with Gasteiger partial charge in [-0.2, -0.15) is 0 Å². The van der Waals surface area contributed by atoms with E-state index in [0.29, 0.717) is 34.8 Å². The Morgan fingerprint density at radius 1 is 0.965 bits per heavy atom. The number of hydrogen-bond donors (Lipinski definition) is 4. The first-order valence-corrected chi connectivity index (χ1v) is 23.3. The van der Waals surface area contributed by atoms with Gasteiger partial charge in [-0.15, -0.1) is 0 Å². The summed E-state index contributed by atoms with van der Waals surface area (Å²) in [6, 6.07) is -0.814. The Bertz CT molecular complexity index is 1800. The van der Waals surface area contributed by atoms with Gasteiger partial charge in [0.15, 0.2) is 17.7 Å². The van der Waals surface area contributed by atoms with Crippen LogP contribution in [0, 0.1) is 38.5 Å². The average molecular weight is 812 g/mol. The number of imidazole rings is 1.